The lowest BCUT2D eigenvalue weighted by molar-refractivity contribution is -0.193. The Bertz CT molecular complexity index is 622. The van der Waals surface area contributed by atoms with Crippen molar-refractivity contribution in [3.05, 3.63) is 35.4 Å². The number of aryl methyl sites for hydroxylation is 1. The van der Waals surface area contributed by atoms with Gasteiger partial charge in [-0.3, -0.25) is 4.99 Å². The first-order valence-corrected chi connectivity index (χ1v) is 9.35. The number of aliphatic hydroxyl groups excluding tert-OH is 2. The molecule has 2 N–H and O–H groups in total. The van der Waals surface area contributed by atoms with E-state index >= 15 is 0 Å². The fourth-order valence-electron chi connectivity index (χ4n) is 2.99. The van der Waals surface area contributed by atoms with Gasteiger partial charge >= 0.3 is 0 Å². The zero-order valence-electron chi connectivity index (χ0n) is 15.0. The van der Waals surface area contributed by atoms with Crippen molar-refractivity contribution in [2.75, 3.05) is 14.1 Å². The molecule has 0 spiro atoms. The van der Waals surface area contributed by atoms with E-state index < -0.39 is 24.4 Å². The van der Waals surface area contributed by atoms with Crippen LogP contribution in [-0.4, -0.2) is 70.3 Å². The fraction of sp³-hybridized carbons (Fsp3) is 0.611. The van der Waals surface area contributed by atoms with Crippen LogP contribution in [0.2, 0.25) is 0 Å². The molecule has 7 heteroatoms. The number of aliphatic imine (C=N–C) groups is 1. The molecular weight excluding hydrogens is 340 g/mol. The van der Waals surface area contributed by atoms with Gasteiger partial charge in [0.25, 0.3) is 0 Å². The van der Waals surface area contributed by atoms with Crippen LogP contribution in [0.25, 0.3) is 0 Å². The molecule has 138 valence electrons. The molecule has 0 bridgehead atoms. The van der Waals surface area contributed by atoms with Crippen LogP contribution in [0.15, 0.2) is 29.3 Å². The number of thioether (sulfide) groups is 1. The molecule has 0 radical (unpaired) electrons. The molecule has 1 aromatic rings. The SMILES string of the molecule is Cc1ccc(CO[C@@H](C)[C@H]2O[C@@H]3SC(N(C)C)=N[C@@H]3[C@@H](O)[C@@H]2O)cc1. The van der Waals surface area contributed by atoms with E-state index in [2.05, 4.69) is 4.99 Å². The molecular formula is C18H26N2O4S. The molecule has 2 aliphatic heterocycles. The van der Waals surface area contributed by atoms with Gasteiger partial charge in [-0.15, -0.1) is 0 Å². The number of hydrogen-bond acceptors (Lipinski definition) is 7. The van der Waals surface area contributed by atoms with Crippen LogP contribution < -0.4 is 0 Å². The zero-order chi connectivity index (χ0) is 18.1. The van der Waals surface area contributed by atoms with E-state index in [1.165, 1.54) is 17.3 Å². The second-order valence-corrected chi connectivity index (χ2v) is 7.93. The third-order valence-corrected chi connectivity index (χ3v) is 5.87. The molecule has 3 rings (SSSR count). The quantitative estimate of drug-likeness (QED) is 0.839. The number of fused-ring (bicyclic) bond motifs is 1. The van der Waals surface area contributed by atoms with Crippen molar-refractivity contribution < 1.29 is 19.7 Å². The van der Waals surface area contributed by atoms with Crippen LogP contribution in [-0.2, 0) is 16.1 Å². The number of aliphatic hydroxyl groups is 2. The van der Waals surface area contributed by atoms with Crippen molar-refractivity contribution in [1.82, 2.24) is 4.90 Å². The molecule has 1 aromatic carbocycles. The Kier molecular flexibility index (Phi) is 5.70. The van der Waals surface area contributed by atoms with Crippen molar-refractivity contribution in [2.45, 2.75) is 56.3 Å². The minimum absolute atomic E-state index is 0.300. The van der Waals surface area contributed by atoms with Gasteiger partial charge in [0.05, 0.1) is 12.7 Å². The smallest absolute Gasteiger partial charge is 0.161 e. The Morgan fingerprint density at radius 2 is 1.92 bits per heavy atom. The number of ether oxygens (including phenoxy) is 2. The van der Waals surface area contributed by atoms with E-state index in [4.69, 9.17) is 9.47 Å². The molecule has 0 aromatic heterocycles. The molecule has 2 aliphatic rings. The summed E-state index contributed by atoms with van der Waals surface area (Å²) in [6.45, 7) is 4.34. The Hall–Kier alpha value is -1.12. The molecule has 6 atom stereocenters. The van der Waals surface area contributed by atoms with E-state index in [1.807, 2.05) is 57.1 Å². The maximum atomic E-state index is 10.5. The van der Waals surface area contributed by atoms with Crippen LogP contribution in [0, 0.1) is 6.92 Å². The Balaban J connectivity index is 1.62. The highest BCUT2D eigenvalue weighted by molar-refractivity contribution is 8.14. The minimum atomic E-state index is -1.03. The summed E-state index contributed by atoms with van der Waals surface area (Å²) < 4.78 is 11.9. The standard InChI is InChI=1S/C18H26N2O4S/c1-10-5-7-12(8-6-10)9-23-11(2)16-15(22)14(21)13-17(24-16)25-18(19-13)20(3)4/h5-8,11,13-17,21-22H,9H2,1-4H3/t11-,13+,14+,15-,16+,17+/m0/s1. The van der Waals surface area contributed by atoms with Gasteiger partial charge in [0, 0.05) is 14.1 Å². The third kappa shape index (κ3) is 4.01. The molecule has 0 saturated carbocycles. The summed E-state index contributed by atoms with van der Waals surface area (Å²) in [6.07, 6.45) is -2.93. The van der Waals surface area contributed by atoms with Crippen LogP contribution in [0.5, 0.6) is 0 Å². The number of hydrogen-bond donors (Lipinski definition) is 2. The van der Waals surface area contributed by atoms with Crippen molar-refractivity contribution in [2.24, 2.45) is 4.99 Å². The third-order valence-electron chi connectivity index (χ3n) is 4.57. The molecule has 0 amide bonds. The predicted octanol–water partition coefficient (Wildman–Crippen LogP) is 1.38. The number of benzene rings is 1. The maximum Gasteiger partial charge on any atom is 0.161 e. The second kappa shape index (κ2) is 7.63. The molecule has 0 aliphatic carbocycles. The lowest BCUT2D eigenvalue weighted by atomic mass is 9.95. The maximum absolute atomic E-state index is 10.5. The molecule has 1 fully saturated rings. The normalized spacial score (nSPS) is 32.9. The summed E-state index contributed by atoms with van der Waals surface area (Å²) >= 11 is 1.47. The zero-order valence-corrected chi connectivity index (χ0v) is 15.8. The molecule has 2 heterocycles. The highest BCUT2D eigenvalue weighted by Gasteiger charge is 2.50. The molecule has 6 nitrogen and oxygen atoms in total. The summed E-state index contributed by atoms with van der Waals surface area (Å²) in [7, 11) is 3.80. The lowest BCUT2D eigenvalue weighted by Gasteiger charge is -2.40. The van der Waals surface area contributed by atoms with E-state index in [0.717, 1.165) is 10.7 Å². The fourth-order valence-corrected chi connectivity index (χ4v) is 4.13. The van der Waals surface area contributed by atoms with Crippen LogP contribution in [0.4, 0.5) is 0 Å². The first-order chi connectivity index (χ1) is 11.9. The number of rotatable bonds is 4. The van der Waals surface area contributed by atoms with Crippen molar-refractivity contribution >= 4 is 16.9 Å². The van der Waals surface area contributed by atoms with Gasteiger partial charge < -0.3 is 24.6 Å². The average molecular weight is 366 g/mol. The lowest BCUT2D eigenvalue weighted by Crippen LogP contribution is -2.58. The summed E-state index contributed by atoms with van der Waals surface area (Å²) in [6, 6.07) is 7.68. The van der Waals surface area contributed by atoms with E-state index in [1.54, 1.807) is 0 Å². The molecule has 1 saturated heterocycles. The number of nitrogens with zero attached hydrogens (tertiary/aromatic N) is 2. The molecule has 25 heavy (non-hydrogen) atoms. The van der Waals surface area contributed by atoms with Crippen molar-refractivity contribution in [3.63, 3.8) is 0 Å². The van der Waals surface area contributed by atoms with E-state index in [9.17, 15) is 10.2 Å². The van der Waals surface area contributed by atoms with Crippen molar-refractivity contribution in [3.8, 4) is 0 Å². The van der Waals surface area contributed by atoms with Crippen LogP contribution in [0.3, 0.4) is 0 Å². The van der Waals surface area contributed by atoms with Crippen molar-refractivity contribution in [1.29, 1.82) is 0 Å². The highest BCUT2D eigenvalue weighted by Crippen LogP contribution is 2.38. The summed E-state index contributed by atoms with van der Waals surface area (Å²) in [5.74, 6) is 0. The van der Waals surface area contributed by atoms with Gasteiger partial charge in [0.15, 0.2) is 5.17 Å². The van der Waals surface area contributed by atoms with Crippen LogP contribution >= 0.6 is 11.8 Å². The second-order valence-electron chi connectivity index (χ2n) is 6.87. The van der Waals surface area contributed by atoms with Gasteiger partial charge in [-0.1, -0.05) is 41.6 Å². The van der Waals surface area contributed by atoms with Crippen LogP contribution in [0.1, 0.15) is 18.1 Å². The predicted molar refractivity (Wildman–Crippen MR) is 98.6 cm³/mol. The minimum Gasteiger partial charge on any atom is -0.388 e. The first-order valence-electron chi connectivity index (χ1n) is 8.47. The Labute approximate surface area is 152 Å². The van der Waals surface area contributed by atoms with E-state index in [-0.39, 0.29) is 11.5 Å². The Morgan fingerprint density at radius 3 is 2.56 bits per heavy atom. The molecule has 0 unspecified atom stereocenters. The summed E-state index contributed by atoms with van der Waals surface area (Å²) in [4.78, 5) is 6.35. The summed E-state index contributed by atoms with van der Waals surface area (Å²) in [5.41, 5.74) is 1.97. The highest BCUT2D eigenvalue weighted by atomic mass is 32.2. The summed E-state index contributed by atoms with van der Waals surface area (Å²) in [5, 5.41) is 21.7. The van der Waals surface area contributed by atoms with Gasteiger partial charge in [-0.25, -0.2) is 0 Å². The Morgan fingerprint density at radius 1 is 1.24 bits per heavy atom. The van der Waals surface area contributed by atoms with E-state index in [0.29, 0.717) is 6.61 Å². The average Bonchev–Trinajstić information content (AvgIpc) is 3.02. The van der Waals surface area contributed by atoms with Gasteiger partial charge in [-0.2, -0.15) is 0 Å². The first kappa shape index (κ1) is 18.7. The van der Waals surface area contributed by atoms with Gasteiger partial charge in [0.1, 0.15) is 29.8 Å². The largest absolute Gasteiger partial charge is 0.388 e. The van der Waals surface area contributed by atoms with Gasteiger partial charge in [0.2, 0.25) is 0 Å². The monoisotopic (exact) mass is 366 g/mol. The topological polar surface area (TPSA) is 74.5 Å². The number of amidine groups is 1. The van der Waals surface area contributed by atoms with Gasteiger partial charge in [-0.05, 0) is 19.4 Å².